The van der Waals surface area contributed by atoms with Gasteiger partial charge in [0.2, 0.25) is 0 Å². The summed E-state index contributed by atoms with van der Waals surface area (Å²) in [5, 5.41) is 5.06. The molecular weight excluding hydrogens is 437 g/mol. The number of nitrogens with one attached hydrogen (secondary N) is 1. The van der Waals surface area contributed by atoms with E-state index in [9.17, 15) is 4.79 Å². The SMILES string of the molecule is CCc1ccsc1CNC(=O)c1cc(Br)ccc1I. The molecule has 0 unspecified atom stereocenters. The lowest BCUT2D eigenvalue weighted by Crippen LogP contribution is -2.23. The summed E-state index contributed by atoms with van der Waals surface area (Å²) in [6, 6.07) is 7.84. The lowest BCUT2D eigenvalue weighted by molar-refractivity contribution is 0.0950. The van der Waals surface area contributed by atoms with E-state index in [0.29, 0.717) is 12.1 Å². The molecule has 1 aromatic heterocycles. The number of hydrogen-bond acceptors (Lipinski definition) is 2. The van der Waals surface area contributed by atoms with E-state index in [-0.39, 0.29) is 5.91 Å². The first kappa shape index (κ1) is 15.0. The molecular formula is C14H13BrINOS. The topological polar surface area (TPSA) is 29.1 Å². The maximum absolute atomic E-state index is 12.2. The summed E-state index contributed by atoms with van der Waals surface area (Å²) in [7, 11) is 0. The van der Waals surface area contributed by atoms with Crippen LogP contribution < -0.4 is 5.32 Å². The zero-order valence-corrected chi connectivity index (χ0v) is 14.9. The Hall–Kier alpha value is -0.400. The molecule has 100 valence electrons. The number of halogens is 2. The normalized spacial score (nSPS) is 10.5. The number of thiophene rings is 1. The van der Waals surface area contributed by atoms with Crippen LogP contribution in [0.4, 0.5) is 0 Å². The molecule has 1 amide bonds. The van der Waals surface area contributed by atoms with Crippen molar-refractivity contribution in [3.8, 4) is 0 Å². The molecule has 0 aliphatic rings. The van der Waals surface area contributed by atoms with E-state index in [0.717, 1.165) is 14.5 Å². The van der Waals surface area contributed by atoms with Gasteiger partial charge in [-0.05, 0) is 64.2 Å². The van der Waals surface area contributed by atoms with E-state index in [1.54, 1.807) is 11.3 Å². The Morgan fingerprint density at radius 1 is 1.42 bits per heavy atom. The fraction of sp³-hybridized carbons (Fsp3) is 0.214. The molecule has 0 aliphatic heterocycles. The molecule has 0 saturated heterocycles. The van der Waals surface area contributed by atoms with Crippen LogP contribution >= 0.6 is 49.9 Å². The van der Waals surface area contributed by atoms with Crippen LogP contribution in [0.3, 0.4) is 0 Å². The third-order valence-corrected chi connectivity index (χ3v) is 5.20. The van der Waals surface area contributed by atoms with Gasteiger partial charge >= 0.3 is 0 Å². The third kappa shape index (κ3) is 3.79. The lowest BCUT2D eigenvalue weighted by atomic mass is 10.2. The number of amides is 1. The predicted molar refractivity (Wildman–Crippen MR) is 91.7 cm³/mol. The average Bonchev–Trinajstić information content (AvgIpc) is 2.86. The Labute approximate surface area is 138 Å². The van der Waals surface area contributed by atoms with Crippen LogP contribution in [0.25, 0.3) is 0 Å². The van der Waals surface area contributed by atoms with Gasteiger partial charge in [-0.3, -0.25) is 4.79 Å². The minimum Gasteiger partial charge on any atom is -0.347 e. The number of carbonyl (C=O) groups is 1. The predicted octanol–water partition coefficient (Wildman–Crippen LogP) is 4.61. The van der Waals surface area contributed by atoms with Gasteiger partial charge in [-0.15, -0.1) is 11.3 Å². The van der Waals surface area contributed by atoms with Crippen LogP contribution in [0.15, 0.2) is 34.1 Å². The number of aryl methyl sites for hydroxylation is 1. The molecule has 0 atom stereocenters. The van der Waals surface area contributed by atoms with Gasteiger partial charge < -0.3 is 5.32 Å². The van der Waals surface area contributed by atoms with Crippen molar-refractivity contribution in [3.63, 3.8) is 0 Å². The first-order valence-electron chi connectivity index (χ1n) is 5.90. The first-order chi connectivity index (χ1) is 9.11. The molecule has 0 spiro atoms. The quantitative estimate of drug-likeness (QED) is 0.678. The van der Waals surface area contributed by atoms with E-state index in [2.05, 4.69) is 62.2 Å². The fourth-order valence-electron chi connectivity index (χ4n) is 1.76. The van der Waals surface area contributed by atoms with Gasteiger partial charge in [0, 0.05) is 12.9 Å². The Bertz CT molecular complexity index is 597. The number of benzene rings is 1. The van der Waals surface area contributed by atoms with Crippen molar-refractivity contribution in [3.05, 3.63) is 53.7 Å². The molecule has 0 aliphatic carbocycles. The second kappa shape index (κ2) is 6.85. The summed E-state index contributed by atoms with van der Waals surface area (Å²) < 4.78 is 1.88. The minimum absolute atomic E-state index is 0.0267. The molecule has 19 heavy (non-hydrogen) atoms. The first-order valence-corrected chi connectivity index (χ1v) is 8.65. The highest BCUT2D eigenvalue weighted by atomic mass is 127. The van der Waals surface area contributed by atoms with Crippen LogP contribution in [-0.4, -0.2) is 5.91 Å². The third-order valence-electron chi connectivity index (χ3n) is 2.80. The van der Waals surface area contributed by atoms with Gasteiger partial charge in [0.05, 0.1) is 12.1 Å². The molecule has 1 aromatic carbocycles. The molecule has 0 radical (unpaired) electrons. The molecule has 0 bridgehead atoms. The molecule has 5 heteroatoms. The zero-order chi connectivity index (χ0) is 13.8. The van der Waals surface area contributed by atoms with Crippen LogP contribution in [0.5, 0.6) is 0 Å². The van der Waals surface area contributed by atoms with Crippen molar-refractivity contribution in [1.29, 1.82) is 0 Å². The Balaban J connectivity index is 2.07. The summed E-state index contributed by atoms with van der Waals surface area (Å²) >= 11 is 7.27. The van der Waals surface area contributed by atoms with Crippen molar-refractivity contribution in [2.24, 2.45) is 0 Å². The Morgan fingerprint density at radius 2 is 2.21 bits per heavy atom. The maximum atomic E-state index is 12.2. The van der Waals surface area contributed by atoms with Gasteiger partial charge in [-0.1, -0.05) is 22.9 Å². The molecule has 1 heterocycles. The summed E-state index contributed by atoms with van der Waals surface area (Å²) in [5.74, 6) is -0.0267. The van der Waals surface area contributed by atoms with Gasteiger partial charge in [-0.2, -0.15) is 0 Å². The number of rotatable bonds is 4. The standard InChI is InChI=1S/C14H13BrINOS/c1-2-9-5-6-19-13(9)8-17-14(18)11-7-10(15)3-4-12(11)16/h3-7H,2,8H2,1H3,(H,17,18). The van der Waals surface area contributed by atoms with Gasteiger partial charge in [0.1, 0.15) is 0 Å². The largest absolute Gasteiger partial charge is 0.347 e. The number of hydrogen-bond donors (Lipinski definition) is 1. The molecule has 1 N–H and O–H groups in total. The second-order valence-corrected chi connectivity index (χ2v) is 7.11. The lowest BCUT2D eigenvalue weighted by Gasteiger charge is -2.07. The van der Waals surface area contributed by atoms with Crippen LogP contribution in [-0.2, 0) is 13.0 Å². The highest BCUT2D eigenvalue weighted by Crippen LogP contribution is 2.20. The highest BCUT2D eigenvalue weighted by molar-refractivity contribution is 14.1. The Morgan fingerprint density at radius 3 is 2.95 bits per heavy atom. The van der Waals surface area contributed by atoms with Gasteiger partial charge in [0.15, 0.2) is 0 Å². The van der Waals surface area contributed by atoms with Crippen molar-refractivity contribution < 1.29 is 4.79 Å². The highest BCUT2D eigenvalue weighted by Gasteiger charge is 2.11. The van der Waals surface area contributed by atoms with Crippen molar-refractivity contribution in [1.82, 2.24) is 5.32 Å². The van der Waals surface area contributed by atoms with Crippen LogP contribution in [0.1, 0.15) is 27.7 Å². The average molecular weight is 450 g/mol. The van der Waals surface area contributed by atoms with E-state index in [4.69, 9.17) is 0 Å². The summed E-state index contributed by atoms with van der Waals surface area (Å²) in [6.45, 7) is 2.73. The van der Waals surface area contributed by atoms with Crippen molar-refractivity contribution in [2.75, 3.05) is 0 Å². The minimum atomic E-state index is -0.0267. The van der Waals surface area contributed by atoms with Crippen molar-refractivity contribution >= 4 is 55.8 Å². The molecule has 2 nitrogen and oxygen atoms in total. The molecule has 0 fully saturated rings. The van der Waals surface area contributed by atoms with Crippen molar-refractivity contribution in [2.45, 2.75) is 19.9 Å². The Kier molecular flexibility index (Phi) is 5.41. The molecule has 2 rings (SSSR count). The van der Waals surface area contributed by atoms with E-state index in [1.807, 2.05) is 18.2 Å². The summed E-state index contributed by atoms with van der Waals surface area (Å²) in [6.07, 6.45) is 1.00. The van der Waals surface area contributed by atoms with Gasteiger partial charge in [0.25, 0.3) is 5.91 Å². The number of carbonyl (C=O) groups excluding carboxylic acids is 1. The van der Waals surface area contributed by atoms with E-state index in [1.165, 1.54) is 10.4 Å². The zero-order valence-electron chi connectivity index (χ0n) is 10.4. The molecule has 0 saturated carbocycles. The summed E-state index contributed by atoms with van der Waals surface area (Å²) in [5.41, 5.74) is 2.03. The maximum Gasteiger partial charge on any atom is 0.252 e. The fourth-order valence-corrected chi connectivity index (χ4v) is 3.62. The molecule has 2 aromatic rings. The van der Waals surface area contributed by atoms with E-state index < -0.39 is 0 Å². The monoisotopic (exact) mass is 449 g/mol. The smallest absolute Gasteiger partial charge is 0.252 e. The van der Waals surface area contributed by atoms with E-state index >= 15 is 0 Å². The second-order valence-electron chi connectivity index (χ2n) is 4.03. The van der Waals surface area contributed by atoms with Crippen LogP contribution in [0, 0.1) is 3.57 Å². The van der Waals surface area contributed by atoms with Gasteiger partial charge in [-0.25, -0.2) is 0 Å². The summed E-state index contributed by atoms with van der Waals surface area (Å²) in [4.78, 5) is 13.4. The van der Waals surface area contributed by atoms with Crippen LogP contribution in [0.2, 0.25) is 0 Å².